The molecule has 182 valence electrons. The van der Waals surface area contributed by atoms with Gasteiger partial charge in [-0.3, -0.25) is 19.5 Å². The summed E-state index contributed by atoms with van der Waals surface area (Å²) in [5.74, 6) is -0.0629. The van der Waals surface area contributed by atoms with Gasteiger partial charge in [0.2, 0.25) is 11.8 Å². The topological polar surface area (TPSA) is 85.8 Å². The third kappa shape index (κ3) is 5.09. The van der Waals surface area contributed by atoms with Gasteiger partial charge in [-0.1, -0.05) is 38.7 Å². The summed E-state index contributed by atoms with van der Waals surface area (Å²) in [6.45, 7) is 6.99. The van der Waals surface area contributed by atoms with Gasteiger partial charge in [0, 0.05) is 38.1 Å². The largest absolute Gasteiger partial charge is 0.390 e. The summed E-state index contributed by atoms with van der Waals surface area (Å²) in [7, 11) is 0. The maximum absolute atomic E-state index is 13.7. The average molecular weight is 457 g/mol. The molecule has 2 saturated heterocycles. The minimum absolute atomic E-state index is 0.0743. The second kappa shape index (κ2) is 10.5. The number of aryl methyl sites for hydroxylation is 1. The fourth-order valence-electron chi connectivity index (χ4n) is 5.89. The van der Waals surface area contributed by atoms with Crippen LogP contribution in [0.3, 0.4) is 0 Å². The van der Waals surface area contributed by atoms with Crippen molar-refractivity contribution in [2.45, 2.75) is 95.9 Å². The summed E-state index contributed by atoms with van der Waals surface area (Å²) in [6, 6.07) is 3.33. The third-order valence-corrected chi connectivity index (χ3v) is 8.03. The van der Waals surface area contributed by atoms with Crippen molar-refractivity contribution >= 4 is 11.8 Å². The minimum atomic E-state index is -0.806. The Labute approximate surface area is 197 Å². The van der Waals surface area contributed by atoms with Gasteiger partial charge in [0.05, 0.1) is 6.10 Å². The number of unbranched alkanes of at least 4 members (excludes halogenated alkanes) is 1. The van der Waals surface area contributed by atoms with Gasteiger partial charge >= 0.3 is 0 Å². The number of carbonyl (C=O) groups excluding carboxylic acids is 2. The van der Waals surface area contributed by atoms with E-state index in [0.717, 1.165) is 63.9 Å². The first-order chi connectivity index (χ1) is 15.9. The fraction of sp³-hybridized carbons (Fsp3) is 0.731. The summed E-state index contributed by atoms with van der Waals surface area (Å²) in [5.41, 5.74) is 1.38. The Hall–Kier alpha value is -1.99. The van der Waals surface area contributed by atoms with Crippen molar-refractivity contribution in [2.24, 2.45) is 5.92 Å². The summed E-state index contributed by atoms with van der Waals surface area (Å²) in [6.07, 6.45) is 9.44. The number of nitrogens with zero attached hydrogens (tertiary/aromatic N) is 3. The molecule has 1 spiro atoms. The highest BCUT2D eigenvalue weighted by Crippen LogP contribution is 2.36. The van der Waals surface area contributed by atoms with Gasteiger partial charge in [-0.05, 0) is 56.6 Å². The van der Waals surface area contributed by atoms with Crippen LogP contribution in [0.5, 0.6) is 0 Å². The lowest BCUT2D eigenvalue weighted by atomic mass is 9.78. The smallest absolute Gasteiger partial charge is 0.248 e. The van der Waals surface area contributed by atoms with E-state index in [4.69, 9.17) is 0 Å². The van der Waals surface area contributed by atoms with Crippen LogP contribution in [0.25, 0.3) is 0 Å². The number of carbonyl (C=O) groups is 2. The minimum Gasteiger partial charge on any atom is -0.390 e. The summed E-state index contributed by atoms with van der Waals surface area (Å²) in [5, 5.41) is 14.1. The van der Waals surface area contributed by atoms with Crippen LogP contribution >= 0.6 is 0 Å². The van der Waals surface area contributed by atoms with Crippen LogP contribution in [0.1, 0.15) is 76.0 Å². The van der Waals surface area contributed by atoms with Crippen LogP contribution in [0, 0.1) is 12.8 Å². The highest BCUT2D eigenvalue weighted by Gasteiger charge is 2.55. The summed E-state index contributed by atoms with van der Waals surface area (Å²) < 4.78 is 0. The van der Waals surface area contributed by atoms with Gasteiger partial charge in [-0.2, -0.15) is 0 Å². The molecule has 0 unspecified atom stereocenters. The Kier molecular flexibility index (Phi) is 7.69. The molecule has 0 radical (unpaired) electrons. The lowest BCUT2D eigenvalue weighted by Crippen LogP contribution is -2.75. The van der Waals surface area contributed by atoms with Crippen molar-refractivity contribution in [3.05, 3.63) is 29.6 Å². The normalized spacial score (nSPS) is 25.3. The first-order valence-corrected chi connectivity index (χ1v) is 12.9. The van der Waals surface area contributed by atoms with Crippen LogP contribution in [0.15, 0.2) is 18.3 Å². The summed E-state index contributed by atoms with van der Waals surface area (Å²) in [4.78, 5) is 35.8. The molecule has 2 N–H and O–H groups in total. The monoisotopic (exact) mass is 456 g/mol. The molecule has 3 heterocycles. The Morgan fingerprint density at radius 2 is 1.91 bits per heavy atom. The number of aromatic nitrogens is 1. The molecule has 7 heteroatoms. The number of piperidine rings is 1. The van der Waals surface area contributed by atoms with Crippen molar-refractivity contribution in [3.63, 3.8) is 0 Å². The molecule has 2 aliphatic heterocycles. The predicted octanol–water partition coefficient (Wildman–Crippen LogP) is 2.79. The molecule has 0 bridgehead atoms. The SMILES string of the molecule is CCCCN1C(=O)[C@@H]([C@H](O)C2CCCCC2)NC(=O)C12CCN(Cc1ccc(C)nc1)CC2. The van der Waals surface area contributed by atoms with E-state index in [1.54, 1.807) is 0 Å². The second-order valence-corrected chi connectivity index (χ2v) is 10.3. The number of aliphatic hydroxyl groups is 1. The maximum Gasteiger partial charge on any atom is 0.248 e. The van der Waals surface area contributed by atoms with Crippen LogP contribution in [-0.4, -0.2) is 69.0 Å². The molecular formula is C26H40N4O3. The zero-order valence-electron chi connectivity index (χ0n) is 20.3. The Bertz CT molecular complexity index is 813. The molecule has 2 amide bonds. The first-order valence-electron chi connectivity index (χ1n) is 12.9. The molecule has 1 aromatic heterocycles. The molecule has 1 aliphatic carbocycles. The van der Waals surface area contributed by atoms with Gasteiger partial charge in [0.15, 0.2) is 0 Å². The molecule has 3 aliphatic rings. The Morgan fingerprint density at radius 3 is 2.55 bits per heavy atom. The van der Waals surface area contributed by atoms with E-state index in [9.17, 15) is 14.7 Å². The van der Waals surface area contributed by atoms with Crippen LogP contribution in [-0.2, 0) is 16.1 Å². The standard InChI is InChI=1S/C26H40N4O3/c1-3-4-14-30-24(32)22(23(31)21-8-6-5-7-9-21)28-25(33)26(30)12-15-29(16-13-26)18-20-11-10-19(2)27-17-20/h10-11,17,21-23,31H,3-9,12-16,18H2,1-2H3,(H,28,33)/t22-,23-/m1/s1. The maximum atomic E-state index is 13.7. The third-order valence-electron chi connectivity index (χ3n) is 8.03. The van der Waals surface area contributed by atoms with E-state index in [-0.39, 0.29) is 17.7 Å². The number of piperazine rings is 1. The fourth-order valence-corrected chi connectivity index (χ4v) is 5.89. The Balaban J connectivity index is 1.47. The molecule has 4 rings (SSSR count). The van der Waals surface area contributed by atoms with Crippen LogP contribution in [0.4, 0.5) is 0 Å². The number of pyridine rings is 1. The number of likely N-dealkylation sites (tertiary alicyclic amines) is 1. The molecule has 1 aromatic rings. The molecule has 3 fully saturated rings. The quantitative estimate of drug-likeness (QED) is 0.659. The van der Waals surface area contributed by atoms with Crippen molar-refractivity contribution in [1.29, 1.82) is 0 Å². The highest BCUT2D eigenvalue weighted by atomic mass is 16.3. The van der Waals surface area contributed by atoms with E-state index >= 15 is 0 Å². The average Bonchev–Trinajstić information content (AvgIpc) is 2.84. The van der Waals surface area contributed by atoms with Crippen molar-refractivity contribution < 1.29 is 14.7 Å². The molecule has 7 nitrogen and oxygen atoms in total. The van der Waals surface area contributed by atoms with E-state index in [2.05, 4.69) is 28.2 Å². The van der Waals surface area contributed by atoms with Crippen LogP contribution < -0.4 is 5.32 Å². The summed E-state index contributed by atoms with van der Waals surface area (Å²) >= 11 is 0. The lowest BCUT2D eigenvalue weighted by molar-refractivity contribution is -0.166. The number of hydrogen-bond donors (Lipinski definition) is 2. The molecule has 1 saturated carbocycles. The highest BCUT2D eigenvalue weighted by molar-refractivity contribution is 6.00. The molecule has 33 heavy (non-hydrogen) atoms. The van der Waals surface area contributed by atoms with Crippen LogP contribution in [0.2, 0.25) is 0 Å². The number of hydrogen-bond acceptors (Lipinski definition) is 5. The predicted molar refractivity (Wildman–Crippen MR) is 127 cm³/mol. The first kappa shape index (κ1) is 24.1. The Morgan fingerprint density at radius 1 is 1.18 bits per heavy atom. The molecular weight excluding hydrogens is 416 g/mol. The van der Waals surface area contributed by atoms with E-state index in [0.29, 0.717) is 19.4 Å². The molecule has 0 aromatic carbocycles. The van der Waals surface area contributed by atoms with E-state index in [1.807, 2.05) is 24.1 Å². The van der Waals surface area contributed by atoms with Gasteiger partial charge in [-0.15, -0.1) is 0 Å². The van der Waals surface area contributed by atoms with E-state index < -0.39 is 17.7 Å². The van der Waals surface area contributed by atoms with Gasteiger partial charge < -0.3 is 15.3 Å². The van der Waals surface area contributed by atoms with E-state index in [1.165, 1.54) is 12.0 Å². The lowest BCUT2D eigenvalue weighted by Gasteiger charge is -2.52. The van der Waals surface area contributed by atoms with Crippen molar-refractivity contribution in [3.8, 4) is 0 Å². The zero-order valence-corrected chi connectivity index (χ0v) is 20.3. The zero-order chi connectivity index (χ0) is 23.4. The second-order valence-electron chi connectivity index (χ2n) is 10.3. The van der Waals surface area contributed by atoms with Gasteiger partial charge in [0.1, 0.15) is 11.6 Å². The molecule has 2 atom stereocenters. The van der Waals surface area contributed by atoms with Crippen molar-refractivity contribution in [1.82, 2.24) is 20.1 Å². The van der Waals surface area contributed by atoms with Gasteiger partial charge in [0.25, 0.3) is 0 Å². The number of rotatable bonds is 7. The van der Waals surface area contributed by atoms with Crippen molar-refractivity contribution in [2.75, 3.05) is 19.6 Å². The number of nitrogens with one attached hydrogen (secondary N) is 1. The van der Waals surface area contributed by atoms with Gasteiger partial charge in [-0.25, -0.2) is 0 Å². The number of amides is 2. The number of aliphatic hydroxyl groups excluding tert-OH is 1.